The molecule has 1 aromatic rings. The molecule has 1 aliphatic rings. The Morgan fingerprint density at radius 2 is 1.79 bits per heavy atom. The van der Waals surface area contributed by atoms with Gasteiger partial charge in [-0.1, -0.05) is 11.6 Å². The molecule has 2 heterocycles. The molecule has 0 radical (unpaired) electrons. The summed E-state index contributed by atoms with van der Waals surface area (Å²) in [6.45, 7) is 9.78. The molecule has 1 saturated heterocycles. The van der Waals surface area contributed by atoms with E-state index in [1.807, 2.05) is 0 Å². The van der Waals surface area contributed by atoms with E-state index in [-0.39, 0.29) is 5.54 Å². The van der Waals surface area contributed by atoms with Crippen LogP contribution in [0, 0.1) is 0 Å². The van der Waals surface area contributed by atoms with Gasteiger partial charge in [0.15, 0.2) is 0 Å². The van der Waals surface area contributed by atoms with Crippen LogP contribution < -0.4 is 5.32 Å². The van der Waals surface area contributed by atoms with Gasteiger partial charge in [0.25, 0.3) is 0 Å². The zero-order chi connectivity index (χ0) is 13.9. The summed E-state index contributed by atoms with van der Waals surface area (Å²) in [6, 6.07) is 0. The Hall–Kier alpha value is -0.910. The maximum atomic E-state index is 5.77. The Kier molecular flexibility index (Phi) is 4.60. The third-order valence-electron chi connectivity index (χ3n) is 3.66. The lowest BCUT2D eigenvalue weighted by Gasteiger charge is -2.43. The molecule has 2 rings (SSSR count). The summed E-state index contributed by atoms with van der Waals surface area (Å²) in [6.07, 6.45) is 3.22. The fourth-order valence-corrected chi connectivity index (χ4v) is 2.32. The number of nitrogens with one attached hydrogen (secondary N) is 1. The summed E-state index contributed by atoms with van der Waals surface area (Å²) in [5.74, 6) is 0.631. The Morgan fingerprint density at radius 3 is 2.37 bits per heavy atom. The van der Waals surface area contributed by atoms with Crippen LogP contribution in [0.3, 0.4) is 0 Å². The highest BCUT2D eigenvalue weighted by molar-refractivity contribution is 6.30. The number of anilines is 1. The average molecular weight is 284 g/mol. The van der Waals surface area contributed by atoms with E-state index in [0.717, 1.165) is 32.7 Å². The van der Waals surface area contributed by atoms with Gasteiger partial charge in [-0.25, -0.2) is 9.97 Å². The number of piperazine rings is 1. The van der Waals surface area contributed by atoms with E-state index in [0.29, 0.717) is 11.0 Å². The Labute approximate surface area is 120 Å². The van der Waals surface area contributed by atoms with Crippen LogP contribution in [-0.4, -0.2) is 65.1 Å². The maximum absolute atomic E-state index is 5.77. The summed E-state index contributed by atoms with van der Waals surface area (Å²) >= 11 is 5.77. The van der Waals surface area contributed by atoms with Crippen LogP contribution in [0.25, 0.3) is 0 Å². The van der Waals surface area contributed by atoms with Gasteiger partial charge in [0.1, 0.15) is 0 Å². The topological polar surface area (TPSA) is 44.3 Å². The van der Waals surface area contributed by atoms with E-state index in [2.05, 4.69) is 46.0 Å². The number of hydrogen-bond donors (Lipinski definition) is 1. The molecule has 5 nitrogen and oxygen atoms in total. The summed E-state index contributed by atoms with van der Waals surface area (Å²) in [5, 5.41) is 3.84. The minimum atomic E-state index is 0.0876. The zero-order valence-corrected chi connectivity index (χ0v) is 12.6. The van der Waals surface area contributed by atoms with Crippen LogP contribution >= 0.6 is 11.6 Å². The molecule has 106 valence electrons. The number of nitrogens with zero attached hydrogens (tertiary/aromatic N) is 4. The Bertz CT molecular complexity index is 398. The first-order valence-electron chi connectivity index (χ1n) is 6.62. The van der Waals surface area contributed by atoms with Crippen molar-refractivity contribution in [2.24, 2.45) is 0 Å². The summed E-state index contributed by atoms with van der Waals surface area (Å²) < 4.78 is 0. The van der Waals surface area contributed by atoms with Crippen LogP contribution in [-0.2, 0) is 0 Å². The van der Waals surface area contributed by atoms with Gasteiger partial charge >= 0.3 is 0 Å². The third kappa shape index (κ3) is 4.03. The number of hydrogen-bond acceptors (Lipinski definition) is 5. The van der Waals surface area contributed by atoms with Crippen molar-refractivity contribution < 1.29 is 0 Å². The minimum Gasteiger partial charge on any atom is -0.352 e. The zero-order valence-electron chi connectivity index (χ0n) is 11.9. The number of likely N-dealkylation sites (N-methyl/N-ethyl adjacent to an activating group) is 1. The van der Waals surface area contributed by atoms with Crippen LogP contribution in [0.4, 0.5) is 5.95 Å². The van der Waals surface area contributed by atoms with E-state index >= 15 is 0 Å². The van der Waals surface area contributed by atoms with Crippen molar-refractivity contribution in [3.63, 3.8) is 0 Å². The lowest BCUT2D eigenvalue weighted by molar-refractivity contribution is 0.0698. The molecular weight excluding hydrogens is 262 g/mol. The maximum Gasteiger partial charge on any atom is 0.222 e. The van der Waals surface area contributed by atoms with Crippen LogP contribution in [0.1, 0.15) is 13.8 Å². The second kappa shape index (κ2) is 6.03. The van der Waals surface area contributed by atoms with Gasteiger partial charge in [0, 0.05) is 38.3 Å². The van der Waals surface area contributed by atoms with E-state index in [4.69, 9.17) is 11.6 Å². The first-order valence-corrected chi connectivity index (χ1v) is 7.00. The predicted octanol–water partition coefficient (Wildman–Crippen LogP) is 1.57. The van der Waals surface area contributed by atoms with Crippen molar-refractivity contribution in [3.05, 3.63) is 17.4 Å². The largest absolute Gasteiger partial charge is 0.352 e. The molecule has 6 heteroatoms. The average Bonchev–Trinajstić information content (AvgIpc) is 2.39. The van der Waals surface area contributed by atoms with Gasteiger partial charge in [0.2, 0.25) is 5.95 Å². The summed E-state index contributed by atoms with van der Waals surface area (Å²) in [7, 11) is 2.17. The van der Waals surface area contributed by atoms with E-state index in [9.17, 15) is 0 Å². The fraction of sp³-hybridized carbons (Fsp3) is 0.692. The summed E-state index contributed by atoms with van der Waals surface area (Å²) in [4.78, 5) is 13.2. The fourth-order valence-electron chi connectivity index (χ4n) is 2.22. The molecule has 0 bridgehead atoms. The molecule has 19 heavy (non-hydrogen) atoms. The van der Waals surface area contributed by atoms with Crippen LogP contribution in [0.15, 0.2) is 12.4 Å². The second-order valence-electron chi connectivity index (χ2n) is 5.68. The highest BCUT2D eigenvalue weighted by Crippen LogP contribution is 2.17. The summed E-state index contributed by atoms with van der Waals surface area (Å²) in [5.41, 5.74) is 0.0876. The SMILES string of the molecule is CN1CCN(C(C)(C)CNc2ncc(Cl)cn2)CC1. The molecule has 1 N–H and O–H groups in total. The smallest absolute Gasteiger partial charge is 0.222 e. The van der Waals surface area contributed by atoms with Gasteiger partial charge in [-0.3, -0.25) is 4.90 Å². The highest BCUT2D eigenvalue weighted by atomic mass is 35.5. The molecule has 1 fully saturated rings. The van der Waals surface area contributed by atoms with Gasteiger partial charge in [-0.15, -0.1) is 0 Å². The number of rotatable bonds is 4. The standard InChI is InChI=1S/C13H22ClN5/c1-13(2,19-6-4-18(3)5-7-19)10-17-12-15-8-11(14)9-16-12/h8-9H,4-7,10H2,1-3H3,(H,15,16,17). The first-order chi connectivity index (χ1) is 8.97. The van der Waals surface area contributed by atoms with Crippen molar-refractivity contribution in [2.75, 3.05) is 45.1 Å². The molecule has 0 atom stereocenters. The predicted molar refractivity (Wildman–Crippen MR) is 78.7 cm³/mol. The van der Waals surface area contributed by atoms with Crippen LogP contribution in [0.5, 0.6) is 0 Å². The van der Waals surface area contributed by atoms with Crippen molar-refractivity contribution in [1.29, 1.82) is 0 Å². The van der Waals surface area contributed by atoms with Crippen molar-refractivity contribution in [2.45, 2.75) is 19.4 Å². The lowest BCUT2D eigenvalue weighted by Crippen LogP contribution is -2.56. The van der Waals surface area contributed by atoms with E-state index in [1.54, 1.807) is 12.4 Å². The van der Waals surface area contributed by atoms with Crippen molar-refractivity contribution >= 4 is 17.5 Å². The first kappa shape index (κ1) is 14.5. The van der Waals surface area contributed by atoms with Crippen molar-refractivity contribution in [3.8, 4) is 0 Å². The van der Waals surface area contributed by atoms with Crippen LogP contribution in [0.2, 0.25) is 5.02 Å². The third-order valence-corrected chi connectivity index (χ3v) is 3.85. The second-order valence-corrected chi connectivity index (χ2v) is 6.12. The minimum absolute atomic E-state index is 0.0876. The molecule has 0 amide bonds. The quantitative estimate of drug-likeness (QED) is 0.909. The van der Waals surface area contributed by atoms with Gasteiger partial charge in [0.05, 0.1) is 17.4 Å². The lowest BCUT2D eigenvalue weighted by atomic mass is 10.0. The normalized spacial score (nSPS) is 18.5. The highest BCUT2D eigenvalue weighted by Gasteiger charge is 2.28. The van der Waals surface area contributed by atoms with Gasteiger partial charge < -0.3 is 10.2 Å². The Balaban J connectivity index is 1.88. The number of aromatic nitrogens is 2. The molecule has 0 aromatic carbocycles. The molecule has 0 unspecified atom stereocenters. The van der Waals surface area contributed by atoms with Gasteiger partial charge in [-0.05, 0) is 20.9 Å². The monoisotopic (exact) mass is 283 g/mol. The number of halogens is 1. The molecular formula is C13H22ClN5. The molecule has 0 spiro atoms. The molecule has 0 saturated carbocycles. The molecule has 1 aromatic heterocycles. The van der Waals surface area contributed by atoms with Crippen molar-refractivity contribution in [1.82, 2.24) is 19.8 Å². The van der Waals surface area contributed by atoms with E-state index in [1.165, 1.54) is 0 Å². The van der Waals surface area contributed by atoms with Gasteiger partial charge in [-0.2, -0.15) is 0 Å². The molecule has 0 aliphatic carbocycles. The molecule has 1 aliphatic heterocycles. The Morgan fingerprint density at radius 1 is 1.21 bits per heavy atom. The van der Waals surface area contributed by atoms with E-state index < -0.39 is 0 Å².